The Morgan fingerprint density at radius 1 is 1.33 bits per heavy atom. The van der Waals surface area contributed by atoms with Crippen LogP contribution in [0.15, 0.2) is 23.1 Å². The summed E-state index contributed by atoms with van der Waals surface area (Å²) in [5.74, 6) is 0. The normalized spacial score (nSPS) is 10.6. The quantitative estimate of drug-likeness (QED) is 0.870. The summed E-state index contributed by atoms with van der Waals surface area (Å²) in [6.45, 7) is 5.19. The van der Waals surface area contributed by atoms with E-state index in [1.807, 2.05) is 24.6 Å². The monoisotopic (exact) mass is 247 g/mol. The average Bonchev–Trinajstić information content (AvgIpc) is 2.72. The van der Waals surface area contributed by atoms with Crippen LogP contribution in [0.5, 0.6) is 0 Å². The Balaban J connectivity index is 2.31. The van der Waals surface area contributed by atoms with E-state index in [4.69, 9.17) is 0 Å². The van der Waals surface area contributed by atoms with Crippen molar-refractivity contribution in [2.75, 3.05) is 12.4 Å². The Morgan fingerprint density at radius 3 is 2.72 bits per heavy atom. The van der Waals surface area contributed by atoms with Crippen molar-refractivity contribution in [2.45, 2.75) is 26.9 Å². The van der Waals surface area contributed by atoms with Crippen molar-refractivity contribution in [3.8, 4) is 0 Å². The van der Waals surface area contributed by atoms with Gasteiger partial charge < -0.3 is 5.32 Å². The summed E-state index contributed by atoms with van der Waals surface area (Å²) in [6, 6.07) is 3.51. The molecule has 0 spiro atoms. The zero-order valence-corrected chi connectivity index (χ0v) is 10.8. The lowest BCUT2D eigenvalue weighted by Gasteiger charge is -2.07. The van der Waals surface area contributed by atoms with Crippen molar-refractivity contribution < 1.29 is 0 Å². The number of hydrogen-bond acceptors (Lipinski definition) is 4. The first-order valence-electron chi connectivity index (χ1n) is 5.92. The fraction of sp³-hybridized carbons (Fsp3) is 0.417. The van der Waals surface area contributed by atoms with Crippen molar-refractivity contribution in [3.63, 3.8) is 0 Å². The van der Waals surface area contributed by atoms with E-state index in [0.29, 0.717) is 6.54 Å². The molecule has 2 aromatic rings. The molecule has 0 radical (unpaired) electrons. The lowest BCUT2D eigenvalue weighted by atomic mass is 10.3. The van der Waals surface area contributed by atoms with E-state index in [9.17, 15) is 4.79 Å². The fourth-order valence-corrected chi connectivity index (χ4v) is 1.84. The second-order valence-electron chi connectivity index (χ2n) is 4.08. The Labute approximate surface area is 105 Å². The first kappa shape index (κ1) is 12.3. The summed E-state index contributed by atoms with van der Waals surface area (Å²) in [6.07, 6.45) is 1.64. The minimum absolute atomic E-state index is 0.122. The van der Waals surface area contributed by atoms with E-state index in [1.54, 1.807) is 13.2 Å². The number of aromatic nitrogens is 4. The summed E-state index contributed by atoms with van der Waals surface area (Å²) >= 11 is 0. The van der Waals surface area contributed by atoms with E-state index in [0.717, 1.165) is 23.6 Å². The smallest absolute Gasteiger partial charge is 0.269 e. The molecule has 96 valence electrons. The Bertz CT molecular complexity index is 599. The number of hydrogen-bond donors (Lipinski definition) is 1. The minimum Gasteiger partial charge on any atom is -0.387 e. The van der Waals surface area contributed by atoms with Crippen LogP contribution in [-0.4, -0.2) is 26.6 Å². The molecule has 2 heterocycles. The maximum atomic E-state index is 11.8. The van der Waals surface area contributed by atoms with Gasteiger partial charge in [-0.1, -0.05) is 0 Å². The SMILES string of the molecule is CCn1nc(C)cc1Cn1ncc(NC)cc1=O. The summed E-state index contributed by atoms with van der Waals surface area (Å²) in [5.41, 5.74) is 2.54. The predicted octanol–water partition coefficient (Wildman–Crippen LogP) is 0.858. The van der Waals surface area contributed by atoms with Crippen LogP contribution < -0.4 is 10.9 Å². The molecule has 2 aromatic heterocycles. The van der Waals surface area contributed by atoms with Gasteiger partial charge in [0.05, 0.1) is 29.8 Å². The van der Waals surface area contributed by atoms with E-state index in [1.165, 1.54) is 10.7 Å². The van der Waals surface area contributed by atoms with Crippen LogP contribution in [0.3, 0.4) is 0 Å². The lowest BCUT2D eigenvalue weighted by Crippen LogP contribution is -2.24. The topological polar surface area (TPSA) is 64.7 Å². The van der Waals surface area contributed by atoms with E-state index in [2.05, 4.69) is 15.5 Å². The highest BCUT2D eigenvalue weighted by Gasteiger charge is 2.07. The first-order valence-corrected chi connectivity index (χ1v) is 5.92. The predicted molar refractivity (Wildman–Crippen MR) is 69.8 cm³/mol. The summed E-state index contributed by atoms with van der Waals surface area (Å²) in [4.78, 5) is 11.8. The van der Waals surface area contributed by atoms with Gasteiger partial charge in [-0.25, -0.2) is 4.68 Å². The van der Waals surface area contributed by atoms with Crippen molar-refractivity contribution in [3.05, 3.63) is 40.1 Å². The minimum atomic E-state index is -0.122. The number of aryl methyl sites for hydroxylation is 2. The lowest BCUT2D eigenvalue weighted by molar-refractivity contribution is 0.559. The van der Waals surface area contributed by atoms with Gasteiger partial charge in [0.25, 0.3) is 5.56 Å². The van der Waals surface area contributed by atoms with Gasteiger partial charge in [0, 0.05) is 19.7 Å². The van der Waals surface area contributed by atoms with Crippen molar-refractivity contribution in [2.24, 2.45) is 0 Å². The van der Waals surface area contributed by atoms with Gasteiger partial charge in [-0.3, -0.25) is 9.48 Å². The van der Waals surface area contributed by atoms with Gasteiger partial charge in [0.15, 0.2) is 0 Å². The zero-order valence-electron chi connectivity index (χ0n) is 10.8. The summed E-state index contributed by atoms with van der Waals surface area (Å²) < 4.78 is 3.32. The van der Waals surface area contributed by atoms with E-state index in [-0.39, 0.29) is 5.56 Å². The largest absolute Gasteiger partial charge is 0.387 e. The Morgan fingerprint density at radius 2 is 2.11 bits per heavy atom. The molecule has 0 bridgehead atoms. The van der Waals surface area contributed by atoms with Crippen LogP contribution >= 0.6 is 0 Å². The van der Waals surface area contributed by atoms with Crippen molar-refractivity contribution in [1.82, 2.24) is 19.6 Å². The van der Waals surface area contributed by atoms with Gasteiger partial charge in [-0.05, 0) is 19.9 Å². The van der Waals surface area contributed by atoms with Crippen molar-refractivity contribution >= 4 is 5.69 Å². The number of anilines is 1. The van der Waals surface area contributed by atoms with Gasteiger partial charge >= 0.3 is 0 Å². The highest BCUT2D eigenvalue weighted by molar-refractivity contribution is 5.37. The Kier molecular flexibility index (Phi) is 3.45. The molecule has 0 saturated heterocycles. The average molecular weight is 247 g/mol. The maximum Gasteiger partial charge on any atom is 0.269 e. The summed E-state index contributed by atoms with van der Waals surface area (Å²) in [7, 11) is 1.76. The molecule has 6 heteroatoms. The molecule has 0 aliphatic rings. The standard InChI is InChI=1S/C12H17N5O/c1-4-16-11(5-9(2)15-16)8-17-12(18)6-10(13-3)7-14-17/h5-7,13H,4,8H2,1-3H3. The molecule has 0 aromatic carbocycles. The third-order valence-electron chi connectivity index (χ3n) is 2.76. The second-order valence-corrected chi connectivity index (χ2v) is 4.08. The molecule has 0 saturated carbocycles. The van der Waals surface area contributed by atoms with Gasteiger partial charge in [0.2, 0.25) is 0 Å². The van der Waals surface area contributed by atoms with Crippen LogP contribution in [0.25, 0.3) is 0 Å². The third-order valence-corrected chi connectivity index (χ3v) is 2.76. The molecule has 0 fully saturated rings. The molecule has 6 nitrogen and oxygen atoms in total. The molecule has 0 unspecified atom stereocenters. The van der Waals surface area contributed by atoms with Gasteiger partial charge in [-0.15, -0.1) is 0 Å². The van der Waals surface area contributed by atoms with E-state index >= 15 is 0 Å². The highest BCUT2D eigenvalue weighted by atomic mass is 16.1. The molecule has 0 atom stereocenters. The maximum absolute atomic E-state index is 11.8. The van der Waals surface area contributed by atoms with Crippen molar-refractivity contribution in [1.29, 1.82) is 0 Å². The van der Waals surface area contributed by atoms with Crippen LogP contribution in [0.4, 0.5) is 5.69 Å². The first-order chi connectivity index (χ1) is 8.63. The molecule has 1 N–H and O–H groups in total. The van der Waals surface area contributed by atoms with Crippen LogP contribution in [0.2, 0.25) is 0 Å². The molecule has 0 aliphatic heterocycles. The van der Waals surface area contributed by atoms with Crippen LogP contribution in [-0.2, 0) is 13.1 Å². The fourth-order valence-electron chi connectivity index (χ4n) is 1.84. The number of rotatable bonds is 4. The summed E-state index contributed by atoms with van der Waals surface area (Å²) in [5, 5.41) is 11.4. The van der Waals surface area contributed by atoms with Crippen LogP contribution in [0.1, 0.15) is 18.3 Å². The van der Waals surface area contributed by atoms with Gasteiger partial charge in [0.1, 0.15) is 0 Å². The molecule has 0 aliphatic carbocycles. The zero-order chi connectivity index (χ0) is 13.1. The molecule has 18 heavy (non-hydrogen) atoms. The molecular formula is C12H17N5O. The van der Waals surface area contributed by atoms with Crippen LogP contribution in [0, 0.1) is 6.92 Å². The van der Waals surface area contributed by atoms with Gasteiger partial charge in [-0.2, -0.15) is 10.2 Å². The third kappa shape index (κ3) is 2.42. The van der Waals surface area contributed by atoms with E-state index < -0.39 is 0 Å². The molecule has 2 rings (SSSR count). The molecule has 0 amide bonds. The molecular weight excluding hydrogens is 230 g/mol. The highest BCUT2D eigenvalue weighted by Crippen LogP contribution is 2.05. The number of nitrogens with one attached hydrogen (secondary N) is 1. The Hall–Kier alpha value is -2.11. The number of nitrogens with zero attached hydrogens (tertiary/aromatic N) is 4. The second kappa shape index (κ2) is 5.03.